The lowest BCUT2D eigenvalue weighted by Crippen LogP contribution is -2.41. The van der Waals surface area contributed by atoms with Crippen molar-refractivity contribution in [3.63, 3.8) is 0 Å². The maximum atomic E-state index is 11.9. The standard InChI is InChI=1S/C13H14ClF3N2O2/c14-10-3-1-2-9(8-10)4-5-11(20)18-6-7-19-12(21)13(15,16)17/h1-3,8H,4-7H2,(H,18,20)(H,19,21). The summed E-state index contributed by atoms with van der Waals surface area (Å²) in [6, 6.07) is 7.04. The van der Waals surface area contributed by atoms with Crippen LogP contribution in [0.25, 0.3) is 0 Å². The normalized spacial score (nSPS) is 11.0. The molecule has 116 valence electrons. The monoisotopic (exact) mass is 322 g/mol. The zero-order chi connectivity index (χ0) is 15.9. The van der Waals surface area contributed by atoms with E-state index >= 15 is 0 Å². The number of benzene rings is 1. The lowest BCUT2D eigenvalue weighted by atomic mass is 10.1. The number of halogens is 4. The molecule has 0 radical (unpaired) electrons. The molecule has 2 N–H and O–H groups in total. The number of carbonyl (C=O) groups is 2. The smallest absolute Gasteiger partial charge is 0.354 e. The number of hydrogen-bond acceptors (Lipinski definition) is 2. The molecule has 0 heterocycles. The van der Waals surface area contributed by atoms with Gasteiger partial charge in [0.1, 0.15) is 0 Å². The third-order valence-electron chi connectivity index (χ3n) is 2.52. The molecule has 0 bridgehead atoms. The molecule has 1 rings (SSSR count). The van der Waals surface area contributed by atoms with Crippen molar-refractivity contribution in [2.24, 2.45) is 0 Å². The van der Waals surface area contributed by atoms with Crippen molar-refractivity contribution in [2.75, 3.05) is 13.1 Å². The molecular weight excluding hydrogens is 309 g/mol. The van der Waals surface area contributed by atoms with E-state index in [1.807, 2.05) is 6.07 Å². The van der Waals surface area contributed by atoms with E-state index < -0.39 is 12.1 Å². The highest BCUT2D eigenvalue weighted by Crippen LogP contribution is 2.13. The van der Waals surface area contributed by atoms with Gasteiger partial charge in [-0.2, -0.15) is 13.2 Å². The van der Waals surface area contributed by atoms with Crippen molar-refractivity contribution in [1.29, 1.82) is 0 Å². The van der Waals surface area contributed by atoms with Gasteiger partial charge in [-0.3, -0.25) is 9.59 Å². The summed E-state index contributed by atoms with van der Waals surface area (Å²) < 4.78 is 35.6. The molecule has 0 saturated heterocycles. The quantitative estimate of drug-likeness (QED) is 0.788. The Morgan fingerprint density at radius 2 is 1.81 bits per heavy atom. The van der Waals surface area contributed by atoms with Gasteiger partial charge in [0.25, 0.3) is 0 Å². The van der Waals surface area contributed by atoms with Crippen LogP contribution in [0.2, 0.25) is 5.02 Å². The number of alkyl halides is 3. The highest BCUT2D eigenvalue weighted by Gasteiger charge is 2.38. The zero-order valence-electron chi connectivity index (χ0n) is 11.0. The van der Waals surface area contributed by atoms with Gasteiger partial charge in [-0.1, -0.05) is 23.7 Å². The van der Waals surface area contributed by atoms with E-state index in [-0.39, 0.29) is 25.4 Å². The Kier molecular flexibility index (Phi) is 6.48. The van der Waals surface area contributed by atoms with Crippen LogP contribution in [0.1, 0.15) is 12.0 Å². The number of aryl methyl sites for hydroxylation is 1. The first kappa shape index (κ1) is 17.3. The van der Waals surface area contributed by atoms with Crippen LogP contribution < -0.4 is 10.6 Å². The molecule has 0 saturated carbocycles. The van der Waals surface area contributed by atoms with Crippen LogP contribution in [0, 0.1) is 0 Å². The summed E-state index contributed by atoms with van der Waals surface area (Å²) in [6.07, 6.45) is -4.24. The van der Waals surface area contributed by atoms with Crippen LogP contribution in [0.3, 0.4) is 0 Å². The first-order chi connectivity index (χ1) is 9.79. The van der Waals surface area contributed by atoms with E-state index in [9.17, 15) is 22.8 Å². The fourth-order valence-electron chi connectivity index (χ4n) is 1.52. The molecule has 1 aromatic rings. The molecule has 0 aliphatic carbocycles. The number of rotatable bonds is 6. The first-order valence-corrected chi connectivity index (χ1v) is 6.53. The molecule has 0 aliphatic rings. The zero-order valence-corrected chi connectivity index (χ0v) is 11.7. The summed E-state index contributed by atoms with van der Waals surface area (Å²) in [5, 5.41) is 4.66. The minimum absolute atomic E-state index is 0.0593. The Hall–Kier alpha value is -1.76. The fraction of sp³-hybridized carbons (Fsp3) is 0.385. The van der Waals surface area contributed by atoms with Crippen molar-refractivity contribution in [3.05, 3.63) is 34.9 Å². The molecule has 0 aromatic heterocycles. The van der Waals surface area contributed by atoms with Crippen LogP contribution in [0.4, 0.5) is 13.2 Å². The van der Waals surface area contributed by atoms with Crippen molar-refractivity contribution < 1.29 is 22.8 Å². The predicted octanol–water partition coefficient (Wildman–Crippen LogP) is 2.07. The highest BCUT2D eigenvalue weighted by molar-refractivity contribution is 6.30. The van der Waals surface area contributed by atoms with Crippen LogP contribution in [0.15, 0.2) is 24.3 Å². The third-order valence-corrected chi connectivity index (χ3v) is 2.76. The molecule has 1 aromatic carbocycles. The average Bonchev–Trinajstić information content (AvgIpc) is 2.40. The van der Waals surface area contributed by atoms with E-state index in [1.54, 1.807) is 23.5 Å². The van der Waals surface area contributed by atoms with Gasteiger partial charge in [-0.05, 0) is 24.1 Å². The second-order valence-electron chi connectivity index (χ2n) is 4.23. The molecule has 4 nitrogen and oxygen atoms in total. The Bertz CT molecular complexity index is 506. The van der Waals surface area contributed by atoms with E-state index in [0.717, 1.165) is 5.56 Å². The van der Waals surface area contributed by atoms with E-state index in [0.29, 0.717) is 11.4 Å². The predicted molar refractivity (Wildman–Crippen MR) is 71.8 cm³/mol. The minimum Gasteiger partial charge on any atom is -0.354 e. The molecular formula is C13H14ClF3N2O2. The number of amides is 2. The van der Waals surface area contributed by atoms with Gasteiger partial charge in [0.2, 0.25) is 5.91 Å². The topological polar surface area (TPSA) is 58.2 Å². The summed E-state index contributed by atoms with van der Waals surface area (Å²) >= 11 is 5.80. The van der Waals surface area contributed by atoms with E-state index in [4.69, 9.17) is 11.6 Å². The Morgan fingerprint density at radius 3 is 2.43 bits per heavy atom. The van der Waals surface area contributed by atoms with Crippen molar-refractivity contribution >= 4 is 23.4 Å². The lowest BCUT2D eigenvalue weighted by molar-refractivity contribution is -0.173. The molecule has 21 heavy (non-hydrogen) atoms. The second kappa shape index (κ2) is 7.87. The van der Waals surface area contributed by atoms with Gasteiger partial charge in [0.15, 0.2) is 0 Å². The molecule has 0 spiro atoms. The van der Waals surface area contributed by atoms with Crippen LogP contribution in [-0.2, 0) is 16.0 Å². The van der Waals surface area contributed by atoms with Crippen molar-refractivity contribution in [1.82, 2.24) is 10.6 Å². The van der Waals surface area contributed by atoms with Crippen LogP contribution >= 0.6 is 11.6 Å². The van der Waals surface area contributed by atoms with Gasteiger partial charge in [-0.25, -0.2) is 0 Å². The van der Waals surface area contributed by atoms with Gasteiger partial charge >= 0.3 is 12.1 Å². The summed E-state index contributed by atoms with van der Waals surface area (Å²) in [5.41, 5.74) is 0.892. The molecule has 2 amide bonds. The lowest BCUT2D eigenvalue weighted by Gasteiger charge is -2.09. The third kappa shape index (κ3) is 6.99. The SMILES string of the molecule is O=C(CCc1cccc(Cl)c1)NCCNC(=O)C(F)(F)F. The van der Waals surface area contributed by atoms with Gasteiger partial charge in [-0.15, -0.1) is 0 Å². The van der Waals surface area contributed by atoms with Crippen molar-refractivity contribution in [3.8, 4) is 0 Å². The second-order valence-corrected chi connectivity index (χ2v) is 4.67. The summed E-state index contributed by atoms with van der Waals surface area (Å²) in [6.45, 7) is -0.336. The Labute approximate surface area is 124 Å². The molecule has 0 fully saturated rings. The Morgan fingerprint density at radius 1 is 1.14 bits per heavy atom. The maximum Gasteiger partial charge on any atom is 0.471 e. The van der Waals surface area contributed by atoms with E-state index in [1.165, 1.54) is 0 Å². The molecule has 0 atom stereocenters. The summed E-state index contributed by atoms with van der Waals surface area (Å²) in [4.78, 5) is 22.0. The Balaban J connectivity index is 2.19. The summed E-state index contributed by atoms with van der Waals surface area (Å²) in [7, 11) is 0. The summed E-state index contributed by atoms with van der Waals surface area (Å²) in [5.74, 6) is -2.33. The fourth-order valence-corrected chi connectivity index (χ4v) is 1.73. The minimum atomic E-state index is -4.91. The average molecular weight is 323 g/mol. The number of carbonyl (C=O) groups excluding carboxylic acids is 2. The van der Waals surface area contributed by atoms with Crippen LogP contribution in [0.5, 0.6) is 0 Å². The highest BCUT2D eigenvalue weighted by atomic mass is 35.5. The van der Waals surface area contributed by atoms with Crippen molar-refractivity contribution in [2.45, 2.75) is 19.0 Å². The van der Waals surface area contributed by atoms with Gasteiger partial charge < -0.3 is 10.6 Å². The van der Waals surface area contributed by atoms with Crippen LogP contribution in [-0.4, -0.2) is 31.1 Å². The van der Waals surface area contributed by atoms with Gasteiger partial charge in [0, 0.05) is 24.5 Å². The number of nitrogens with one attached hydrogen (secondary N) is 2. The largest absolute Gasteiger partial charge is 0.471 e. The van der Waals surface area contributed by atoms with Gasteiger partial charge in [0.05, 0.1) is 0 Å². The molecule has 0 unspecified atom stereocenters. The first-order valence-electron chi connectivity index (χ1n) is 6.15. The molecule has 0 aliphatic heterocycles. The van der Waals surface area contributed by atoms with E-state index in [2.05, 4.69) is 5.32 Å². The maximum absolute atomic E-state index is 11.9. The molecule has 8 heteroatoms. The number of hydrogen-bond donors (Lipinski definition) is 2.